The van der Waals surface area contributed by atoms with Crippen LogP contribution in [0.15, 0.2) is 66.8 Å². The van der Waals surface area contributed by atoms with Crippen LogP contribution in [0.1, 0.15) is 93.7 Å². The van der Waals surface area contributed by atoms with Gasteiger partial charge in [-0.3, -0.25) is 0 Å². The molecule has 0 radical (unpaired) electrons. The normalized spacial score (nSPS) is 16.7. The maximum atomic E-state index is 12.1. The molecule has 228 valence electrons. The molecule has 1 aliphatic rings. The molecule has 6 nitrogen and oxygen atoms in total. The predicted molar refractivity (Wildman–Crippen MR) is 167 cm³/mol. The van der Waals surface area contributed by atoms with E-state index >= 15 is 0 Å². The molecule has 0 saturated heterocycles. The van der Waals surface area contributed by atoms with E-state index in [4.69, 9.17) is 19.7 Å². The lowest BCUT2D eigenvalue weighted by Gasteiger charge is -2.29. The average molecular weight is 577 g/mol. The Labute approximate surface area is 251 Å². The van der Waals surface area contributed by atoms with Crippen LogP contribution < -0.4 is 0 Å². The highest BCUT2D eigenvalue weighted by Gasteiger charge is 2.23. The monoisotopic (exact) mass is 576 g/mol. The zero-order valence-electron chi connectivity index (χ0n) is 25.4. The van der Waals surface area contributed by atoms with Gasteiger partial charge in [0.25, 0.3) is 0 Å². The zero-order valence-corrected chi connectivity index (χ0v) is 25.4. The van der Waals surface area contributed by atoms with E-state index < -0.39 is 31.1 Å². The Hall–Kier alpha value is -3.22. The first-order chi connectivity index (χ1) is 20.3. The highest BCUT2D eigenvalue weighted by Crippen LogP contribution is 2.39. The Kier molecular flexibility index (Phi) is 13.5. The van der Waals surface area contributed by atoms with E-state index in [1.54, 1.807) is 0 Å². The summed E-state index contributed by atoms with van der Waals surface area (Å²) in [7, 11) is 0. The van der Waals surface area contributed by atoms with Gasteiger partial charge in [0.2, 0.25) is 0 Å². The van der Waals surface area contributed by atoms with E-state index in [9.17, 15) is 9.59 Å². The summed E-state index contributed by atoms with van der Waals surface area (Å²) in [5.41, 5.74) is 5.81. The van der Waals surface area contributed by atoms with Crippen LogP contribution >= 0.6 is 0 Å². The first kappa shape index (κ1) is 33.3. The third-order valence-electron chi connectivity index (χ3n) is 8.53. The van der Waals surface area contributed by atoms with Gasteiger partial charge in [0.15, 0.2) is 0 Å². The van der Waals surface area contributed by atoms with Crippen molar-refractivity contribution in [1.82, 2.24) is 0 Å². The molecule has 0 amide bonds. The van der Waals surface area contributed by atoms with Gasteiger partial charge in [-0.1, -0.05) is 95.2 Å². The Morgan fingerprint density at radius 3 is 1.98 bits per heavy atom. The minimum atomic E-state index is -0.706. The van der Waals surface area contributed by atoms with Crippen LogP contribution in [0.2, 0.25) is 0 Å². The van der Waals surface area contributed by atoms with Gasteiger partial charge in [-0.05, 0) is 71.8 Å². The molecule has 0 bridgehead atoms. The van der Waals surface area contributed by atoms with Gasteiger partial charge in [-0.25, -0.2) is 9.59 Å². The van der Waals surface area contributed by atoms with Crippen LogP contribution in [0.5, 0.6) is 0 Å². The summed E-state index contributed by atoms with van der Waals surface area (Å²) in [6, 6.07) is 14.9. The number of carbonyl (C=O) groups excluding carboxylic acids is 2. The largest absolute Gasteiger partial charge is 0.461 e. The van der Waals surface area contributed by atoms with Crippen molar-refractivity contribution in [2.45, 2.75) is 83.5 Å². The summed E-state index contributed by atoms with van der Waals surface area (Å²) >= 11 is 0. The van der Waals surface area contributed by atoms with Crippen LogP contribution in [0.3, 0.4) is 0 Å². The highest BCUT2D eigenvalue weighted by atomic mass is 16.5. The molecule has 6 heteroatoms. The van der Waals surface area contributed by atoms with Gasteiger partial charge in [0.05, 0.1) is 30.3 Å². The van der Waals surface area contributed by atoms with Crippen LogP contribution in [0, 0.1) is 5.92 Å². The van der Waals surface area contributed by atoms with Crippen molar-refractivity contribution in [3.63, 3.8) is 0 Å². The molecular formula is C36H48O6. The number of aliphatic hydroxyl groups is 2. The number of esters is 2. The molecule has 0 unspecified atom stereocenters. The van der Waals surface area contributed by atoms with E-state index in [0.717, 1.165) is 23.5 Å². The smallest absolute Gasteiger partial charge is 0.335 e. The Bertz CT molecular complexity index is 1160. The first-order valence-corrected chi connectivity index (χ1v) is 15.5. The lowest BCUT2D eigenvalue weighted by atomic mass is 9.76. The standard InChI is InChI=1S/C36H48O6/c1-5-7-8-9-27-10-12-29(13-11-27)32-18-19-34(28(6-2)20-32)31-16-14-30(15-17-31)33(23-41-35(39)25(3)21-37)24-42-36(40)26(4)22-38/h14-20,27,29,33,37-38H,3-13,21-24H2,1-2H3. The fraction of sp³-hybridized carbons (Fsp3) is 0.500. The van der Waals surface area contributed by atoms with Crippen LogP contribution in [0.4, 0.5) is 0 Å². The SMILES string of the molecule is C=C(CO)C(=O)OCC(COC(=O)C(=C)CO)c1ccc(-c2ccc(C3CCC(CCCCC)CC3)cc2CC)cc1. The summed E-state index contributed by atoms with van der Waals surface area (Å²) in [6.45, 7) is 10.3. The number of hydrogen-bond donors (Lipinski definition) is 2. The summed E-state index contributed by atoms with van der Waals surface area (Å²) in [5.74, 6) is -0.320. The second-order valence-electron chi connectivity index (χ2n) is 11.5. The van der Waals surface area contributed by atoms with Gasteiger partial charge < -0.3 is 19.7 Å². The van der Waals surface area contributed by atoms with Crippen molar-refractivity contribution in [2.24, 2.45) is 5.92 Å². The number of carbonyl (C=O) groups is 2. The number of hydrogen-bond acceptors (Lipinski definition) is 6. The molecule has 2 N–H and O–H groups in total. The van der Waals surface area contributed by atoms with E-state index in [0.29, 0.717) is 5.92 Å². The minimum absolute atomic E-state index is 0.0506. The zero-order chi connectivity index (χ0) is 30.5. The highest BCUT2D eigenvalue weighted by molar-refractivity contribution is 5.88. The fourth-order valence-electron chi connectivity index (χ4n) is 5.77. The number of aliphatic hydroxyl groups excluding tert-OH is 2. The van der Waals surface area contributed by atoms with Gasteiger partial charge in [-0.15, -0.1) is 0 Å². The first-order valence-electron chi connectivity index (χ1n) is 15.5. The van der Waals surface area contributed by atoms with Gasteiger partial charge in [0.1, 0.15) is 13.2 Å². The summed E-state index contributed by atoms with van der Waals surface area (Å²) in [4.78, 5) is 24.2. The van der Waals surface area contributed by atoms with Crippen LogP contribution in [-0.4, -0.2) is 48.6 Å². The second-order valence-corrected chi connectivity index (χ2v) is 11.5. The van der Waals surface area contributed by atoms with Gasteiger partial charge >= 0.3 is 11.9 Å². The third kappa shape index (κ3) is 9.40. The Morgan fingerprint density at radius 1 is 0.857 bits per heavy atom. The van der Waals surface area contributed by atoms with E-state index in [-0.39, 0.29) is 24.4 Å². The fourth-order valence-corrected chi connectivity index (χ4v) is 5.77. The quantitative estimate of drug-likeness (QED) is 0.127. The Balaban J connectivity index is 1.72. The molecule has 0 aliphatic heterocycles. The molecule has 2 aromatic rings. The summed E-state index contributed by atoms with van der Waals surface area (Å²) < 4.78 is 10.6. The number of aryl methyl sites for hydroxylation is 1. The summed E-state index contributed by atoms with van der Waals surface area (Å²) in [6.07, 6.45) is 11.6. The molecule has 0 spiro atoms. The van der Waals surface area contributed by atoms with Crippen molar-refractivity contribution in [3.05, 3.63) is 83.5 Å². The molecule has 1 aliphatic carbocycles. The predicted octanol–water partition coefficient (Wildman–Crippen LogP) is 7.04. The van der Waals surface area contributed by atoms with Crippen molar-refractivity contribution in [2.75, 3.05) is 26.4 Å². The van der Waals surface area contributed by atoms with Crippen LogP contribution in [0.25, 0.3) is 11.1 Å². The molecular weight excluding hydrogens is 528 g/mol. The van der Waals surface area contributed by atoms with E-state index in [2.05, 4.69) is 45.2 Å². The third-order valence-corrected chi connectivity index (χ3v) is 8.53. The molecule has 42 heavy (non-hydrogen) atoms. The van der Waals surface area contributed by atoms with E-state index in [1.807, 2.05) is 24.3 Å². The molecule has 2 aromatic carbocycles. The molecule has 3 rings (SSSR count). The average Bonchev–Trinajstić information content (AvgIpc) is 3.03. The molecule has 1 fully saturated rings. The maximum Gasteiger partial charge on any atom is 0.335 e. The van der Waals surface area contributed by atoms with Gasteiger partial charge in [-0.2, -0.15) is 0 Å². The van der Waals surface area contributed by atoms with E-state index in [1.165, 1.54) is 68.1 Å². The second kappa shape index (κ2) is 17.0. The topological polar surface area (TPSA) is 93.1 Å². The molecule has 0 atom stereocenters. The lowest BCUT2D eigenvalue weighted by molar-refractivity contribution is -0.142. The number of rotatable bonds is 16. The maximum absolute atomic E-state index is 12.1. The number of benzene rings is 2. The van der Waals surface area contributed by atoms with Crippen molar-refractivity contribution >= 4 is 11.9 Å². The van der Waals surface area contributed by atoms with Crippen LogP contribution in [-0.2, 0) is 25.5 Å². The lowest BCUT2D eigenvalue weighted by Crippen LogP contribution is -2.21. The Morgan fingerprint density at radius 2 is 1.45 bits per heavy atom. The summed E-state index contributed by atoms with van der Waals surface area (Å²) in [5, 5.41) is 18.3. The molecule has 0 heterocycles. The molecule has 0 aromatic heterocycles. The molecule has 1 saturated carbocycles. The number of unbranched alkanes of at least 4 members (excludes halogenated alkanes) is 2. The van der Waals surface area contributed by atoms with Crippen molar-refractivity contribution < 1.29 is 29.3 Å². The van der Waals surface area contributed by atoms with Crippen molar-refractivity contribution in [1.29, 1.82) is 0 Å². The number of ether oxygens (including phenoxy) is 2. The minimum Gasteiger partial charge on any atom is -0.461 e. The van der Waals surface area contributed by atoms with Gasteiger partial charge in [0, 0.05) is 0 Å². The van der Waals surface area contributed by atoms with Crippen molar-refractivity contribution in [3.8, 4) is 11.1 Å².